The van der Waals surface area contributed by atoms with Crippen LogP contribution in [-0.4, -0.2) is 52.4 Å². The molecule has 0 radical (unpaired) electrons. The molecule has 2 aromatic heterocycles. The van der Waals surface area contributed by atoms with Gasteiger partial charge in [-0.05, 0) is 37.1 Å². The van der Waals surface area contributed by atoms with Crippen LogP contribution in [0.3, 0.4) is 0 Å². The molecule has 1 atom stereocenters. The molecule has 4 rings (SSSR count). The zero-order chi connectivity index (χ0) is 19.8. The van der Waals surface area contributed by atoms with E-state index in [-0.39, 0.29) is 23.3 Å². The van der Waals surface area contributed by atoms with E-state index < -0.39 is 0 Å². The number of carbonyl (C=O) groups is 1. The summed E-state index contributed by atoms with van der Waals surface area (Å²) < 4.78 is 13.2. The van der Waals surface area contributed by atoms with E-state index in [9.17, 15) is 14.0 Å². The van der Waals surface area contributed by atoms with Crippen LogP contribution in [0.25, 0.3) is 21.3 Å². The topological polar surface area (TPSA) is 69.3 Å². The van der Waals surface area contributed by atoms with Crippen LogP contribution in [0, 0.1) is 5.82 Å². The first-order valence-electron chi connectivity index (χ1n) is 9.15. The highest BCUT2D eigenvalue weighted by Gasteiger charge is 2.32. The summed E-state index contributed by atoms with van der Waals surface area (Å²) in [6, 6.07) is 5.90. The SMILES string of the molecule is CN(C)C(=O)C1CCCN1Cc1nc2scc(-c3ccc(F)cc3)c2c(=O)[nH]1. The average molecular weight is 400 g/mol. The molecule has 146 valence electrons. The third-order valence-electron chi connectivity index (χ3n) is 5.09. The molecule has 0 aliphatic carbocycles. The molecule has 0 bridgehead atoms. The van der Waals surface area contributed by atoms with Crippen LogP contribution in [0.1, 0.15) is 18.7 Å². The molecule has 0 saturated carbocycles. The van der Waals surface area contributed by atoms with Gasteiger partial charge in [0.15, 0.2) is 0 Å². The lowest BCUT2D eigenvalue weighted by Crippen LogP contribution is -2.42. The predicted molar refractivity (Wildman–Crippen MR) is 108 cm³/mol. The maximum Gasteiger partial charge on any atom is 0.260 e. The average Bonchev–Trinajstić information content (AvgIpc) is 3.29. The Morgan fingerprint density at radius 2 is 2.11 bits per heavy atom. The first kappa shape index (κ1) is 18.8. The maximum absolute atomic E-state index is 13.2. The summed E-state index contributed by atoms with van der Waals surface area (Å²) in [5, 5.41) is 2.39. The quantitative estimate of drug-likeness (QED) is 0.731. The lowest BCUT2D eigenvalue weighted by atomic mass is 10.1. The number of likely N-dealkylation sites (N-methyl/N-ethyl adjacent to an activating group) is 1. The van der Waals surface area contributed by atoms with Crippen LogP contribution in [0.2, 0.25) is 0 Å². The van der Waals surface area contributed by atoms with E-state index >= 15 is 0 Å². The smallest absolute Gasteiger partial charge is 0.260 e. The molecule has 0 spiro atoms. The minimum absolute atomic E-state index is 0.0793. The van der Waals surface area contributed by atoms with Crippen LogP contribution in [0.15, 0.2) is 34.4 Å². The Kier molecular flexibility index (Phi) is 4.99. The maximum atomic E-state index is 13.2. The summed E-state index contributed by atoms with van der Waals surface area (Å²) in [6.07, 6.45) is 1.77. The molecule has 1 aromatic carbocycles. The molecule has 1 amide bonds. The number of halogens is 1. The third kappa shape index (κ3) is 3.45. The molecule has 6 nitrogen and oxygen atoms in total. The molecule has 28 heavy (non-hydrogen) atoms. The van der Waals surface area contributed by atoms with Crippen molar-refractivity contribution in [2.24, 2.45) is 0 Å². The highest BCUT2D eigenvalue weighted by molar-refractivity contribution is 7.17. The van der Waals surface area contributed by atoms with Crippen molar-refractivity contribution in [3.8, 4) is 11.1 Å². The molecule has 1 N–H and O–H groups in total. The summed E-state index contributed by atoms with van der Waals surface area (Å²) in [6.45, 7) is 1.23. The number of aromatic nitrogens is 2. The van der Waals surface area contributed by atoms with E-state index in [1.807, 2.05) is 5.38 Å². The number of nitrogens with zero attached hydrogens (tertiary/aromatic N) is 3. The molecule has 1 fully saturated rings. The van der Waals surface area contributed by atoms with Gasteiger partial charge in [0.05, 0.1) is 18.0 Å². The Hall–Kier alpha value is -2.58. The van der Waals surface area contributed by atoms with Gasteiger partial charge in [0, 0.05) is 25.0 Å². The van der Waals surface area contributed by atoms with Gasteiger partial charge in [0.1, 0.15) is 16.5 Å². The van der Waals surface area contributed by atoms with Gasteiger partial charge in [-0.15, -0.1) is 11.3 Å². The second-order valence-corrected chi connectivity index (χ2v) is 8.07. The van der Waals surface area contributed by atoms with Gasteiger partial charge >= 0.3 is 0 Å². The van der Waals surface area contributed by atoms with Gasteiger partial charge in [-0.25, -0.2) is 9.37 Å². The number of likely N-dealkylation sites (tertiary alicyclic amines) is 1. The second-order valence-electron chi connectivity index (χ2n) is 7.21. The molecule has 3 aromatic rings. The van der Waals surface area contributed by atoms with Gasteiger partial charge in [-0.1, -0.05) is 12.1 Å². The summed E-state index contributed by atoms with van der Waals surface area (Å²) in [5.41, 5.74) is 1.32. The van der Waals surface area contributed by atoms with Crippen LogP contribution in [0.5, 0.6) is 0 Å². The number of fused-ring (bicyclic) bond motifs is 1. The molecular weight excluding hydrogens is 379 g/mol. The largest absolute Gasteiger partial charge is 0.347 e. The number of aromatic amines is 1. The van der Waals surface area contributed by atoms with Gasteiger partial charge in [-0.3, -0.25) is 14.5 Å². The lowest BCUT2D eigenvalue weighted by molar-refractivity contribution is -0.133. The van der Waals surface area contributed by atoms with Crippen molar-refractivity contribution >= 4 is 27.5 Å². The van der Waals surface area contributed by atoms with E-state index in [1.54, 1.807) is 31.1 Å². The number of carbonyl (C=O) groups excluding carboxylic acids is 1. The van der Waals surface area contributed by atoms with Gasteiger partial charge < -0.3 is 9.88 Å². The number of hydrogen-bond acceptors (Lipinski definition) is 5. The first-order chi connectivity index (χ1) is 13.4. The van der Waals surface area contributed by atoms with Crippen molar-refractivity contribution in [3.05, 3.63) is 51.6 Å². The minimum atomic E-state index is -0.315. The minimum Gasteiger partial charge on any atom is -0.347 e. The molecule has 1 unspecified atom stereocenters. The molecule has 1 aliphatic heterocycles. The number of nitrogens with one attached hydrogen (secondary N) is 1. The van der Waals surface area contributed by atoms with Crippen LogP contribution in [-0.2, 0) is 11.3 Å². The Bertz CT molecular complexity index is 1070. The van der Waals surface area contributed by atoms with E-state index in [2.05, 4.69) is 14.9 Å². The van der Waals surface area contributed by atoms with E-state index in [0.29, 0.717) is 22.6 Å². The third-order valence-corrected chi connectivity index (χ3v) is 5.96. The number of amides is 1. The van der Waals surface area contributed by atoms with Gasteiger partial charge in [-0.2, -0.15) is 0 Å². The fourth-order valence-corrected chi connectivity index (χ4v) is 4.66. The number of rotatable bonds is 4. The summed E-state index contributed by atoms with van der Waals surface area (Å²) >= 11 is 1.39. The summed E-state index contributed by atoms with van der Waals surface area (Å²) in [7, 11) is 3.52. The zero-order valence-electron chi connectivity index (χ0n) is 15.7. The second kappa shape index (κ2) is 7.44. The molecule has 1 aliphatic rings. The Labute approximate surface area is 165 Å². The normalized spacial score (nSPS) is 17.3. The summed E-state index contributed by atoms with van der Waals surface area (Å²) in [4.78, 5) is 37.0. The molecular formula is C20H21FN4O2S. The van der Waals surface area contributed by atoms with Crippen molar-refractivity contribution in [2.45, 2.75) is 25.4 Å². The van der Waals surface area contributed by atoms with E-state index in [1.165, 1.54) is 23.5 Å². The monoisotopic (exact) mass is 400 g/mol. The number of benzene rings is 1. The highest BCUT2D eigenvalue weighted by Crippen LogP contribution is 2.31. The van der Waals surface area contributed by atoms with Gasteiger partial charge in [0.2, 0.25) is 5.91 Å². The fraction of sp³-hybridized carbons (Fsp3) is 0.350. The van der Waals surface area contributed by atoms with Crippen molar-refractivity contribution < 1.29 is 9.18 Å². The van der Waals surface area contributed by atoms with E-state index in [4.69, 9.17) is 0 Å². The van der Waals surface area contributed by atoms with Crippen LogP contribution >= 0.6 is 11.3 Å². The van der Waals surface area contributed by atoms with Crippen molar-refractivity contribution in [3.63, 3.8) is 0 Å². The number of thiophene rings is 1. The van der Waals surface area contributed by atoms with Crippen molar-refractivity contribution in [2.75, 3.05) is 20.6 Å². The van der Waals surface area contributed by atoms with Crippen molar-refractivity contribution in [1.29, 1.82) is 0 Å². The molecule has 3 heterocycles. The summed E-state index contributed by atoms with van der Waals surface area (Å²) in [5.74, 6) is 0.323. The number of H-pyrrole nitrogens is 1. The Morgan fingerprint density at radius 1 is 1.36 bits per heavy atom. The molecule has 8 heteroatoms. The first-order valence-corrected chi connectivity index (χ1v) is 10.0. The van der Waals surface area contributed by atoms with Crippen LogP contribution in [0.4, 0.5) is 4.39 Å². The zero-order valence-corrected chi connectivity index (χ0v) is 16.6. The van der Waals surface area contributed by atoms with Crippen molar-refractivity contribution in [1.82, 2.24) is 19.8 Å². The predicted octanol–water partition coefficient (Wildman–Crippen LogP) is 2.84. The van der Waals surface area contributed by atoms with Crippen LogP contribution < -0.4 is 5.56 Å². The number of hydrogen-bond donors (Lipinski definition) is 1. The van der Waals surface area contributed by atoms with Gasteiger partial charge in [0.25, 0.3) is 5.56 Å². The Morgan fingerprint density at radius 3 is 2.82 bits per heavy atom. The highest BCUT2D eigenvalue weighted by atomic mass is 32.1. The standard InChI is InChI=1S/C20H21FN4O2S/c1-24(2)20(27)15-4-3-9-25(15)10-16-22-18(26)17-14(11-28-19(17)23-16)12-5-7-13(21)8-6-12/h5-8,11,15H,3-4,9-10H2,1-2H3,(H,22,23,26). The fourth-order valence-electron chi connectivity index (χ4n) is 3.70. The molecule has 1 saturated heterocycles. The lowest BCUT2D eigenvalue weighted by Gasteiger charge is -2.25. The van der Waals surface area contributed by atoms with E-state index in [0.717, 1.165) is 30.5 Å². The Balaban J connectivity index is 1.65.